The molecule has 2 aromatic rings. The standard InChI is InChI=1S/C9H8BNO/c1-11-8-5-3-2-4-7(8)10-6-9(11)12/h2-6H,1H3. The third kappa shape index (κ3) is 0.980. The van der Waals surface area contributed by atoms with Crippen LogP contribution in [0.3, 0.4) is 0 Å². The summed E-state index contributed by atoms with van der Waals surface area (Å²) in [4.78, 5) is 11.2. The molecule has 0 aliphatic rings. The molecule has 0 amide bonds. The number of para-hydroxylation sites is 1. The van der Waals surface area contributed by atoms with Gasteiger partial charge in [-0.05, 0) is 0 Å². The van der Waals surface area contributed by atoms with E-state index in [-0.39, 0.29) is 5.56 Å². The van der Waals surface area contributed by atoms with Crippen molar-refractivity contribution in [3.05, 3.63) is 40.6 Å². The molecule has 58 valence electrons. The van der Waals surface area contributed by atoms with Crippen molar-refractivity contribution < 1.29 is 0 Å². The SMILES string of the molecule is Cn1c(=O)cbc2ccccc21. The van der Waals surface area contributed by atoms with Crippen LogP contribution in [0.1, 0.15) is 0 Å². The first kappa shape index (κ1) is 7.28. The number of benzene rings is 1. The van der Waals surface area contributed by atoms with E-state index in [4.69, 9.17) is 0 Å². The van der Waals surface area contributed by atoms with Gasteiger partial charge in [0.15, 0.2) is 0 Å². The molecule has 2 rings (SSSR count). The van der Waals surface area contributed by atoms with Crippen molar-refractivity contribution in [1.29, 1.82) is 0 Å². The van der Waals surface area contributed by atoms with Crippen molar-refractivity contribution in [2.75, 3.05) is 0 Å². The Balaban J connectivity index is 3.01. The maximum absolute atomic E-state index is 11.2. The molecular formula is C9H8BNO. The van der Waals surface area contributed by atoms with Gasteiger partial charge in [0.2, 0.25) is 0 Å². The number of nitrogens with zero attached hydrogens (tertiary/aromatic N) is 1. The van der Waals surface area contributed by atoms with E-state index >= 15 is 0 Å². The van der Waals surface area contributed by atoms with Crippen LogP contribution in [0, 0.1) is 0 Å². The molecule has 0 aliphatic carbocycles. The van der Waals surface area contributed by atoms with Crippen molar-refractivity contribution >= 4 is 17.7 Å². The number of fused-ring (bicyclic) bond motifs is 1. The molecule has 0 N–H and O–H groups in total. The Labute approximate surface area is 70.7 Å². The van der Waals surface area contributed by atoms with Gasteiger partial charge < -0.3 is 0 Å². The van der Waals surface area contributed by atoms with Crippen LogP contribution in [-0.4, -0.2) is 11.5 Å². The molecule has 0 bridgehead atoms. The molecule has 0 aliphatic heterocycles. The Morgan fingerprint density at radius 2 is 2.08 bits per heavy atom. The van der Waals surface area contributed by atoms with Gasteiger partial charge in [-0.3, -0.25) is 0 Å². The molecule has 1 aromatic carbocycles. The second kappa shape index (κ2) is 2.59. The first-order chi connectivity index (χ1) is 5.79. The van der Waals surface area contributed by atoms with Crippen LogP contribution in [0.4, 0.5) is 0 Å². The molecule has 2 nitrogen and oxygen atoms in total. The topological polar surface area (TPSA) is 22.0 Å². The first-order valence-electron chi connectivity index (χ1n) is 3.84. The third-order valence-corrected chi connectivity index (χ3v) is 2.03. The molecule has 3 heteroatoms. The van der Waals surface area contributed by atoms with Gasteiger partial charge in [0.1, 0.15) is 0 Å². The molecule has 0 saturated heterocycles. The summed E-state index contributed by atoms with van der Waals surface area (Å²) in [6, 6.07) is 7.83. The average molecular weight is 157 g/mol. The first-order valence-corrected chi connectivity index (χ1v) is 3.84. The number of aromatic nitrogens is 1. The Kier molecular flexibility index (Phi) is 1.57. The zero-order valence-electron chi connectivity index (χ0n) is 6.82. The van der Waals surface area contributed by atoms with E-state index in [0.29, 0.717) is 0 Å². The van der Waals surface area contributed by atoms with Gasteiger partial charge in [0, 0.05) is 0 Å². The Morgan fingerprint density at radius 1 is 1.33 bits per heavy atom. The van der Waals surface area contributed by atoms with Crippen molar-refractivity contribution in [3.8, 4) is 0 Å². The van der Waals surface area contributed by atoms with E-state index in [2.05, 4.69) is 0 Å². The van der Waals surface area contributed by atoms with Gasteiger partial charge in [-0.15, -0.1) is 0 Å². The quantitative estimate of drug-likeness (QED) is 0.556. The van der Waals surface area contributed by atoms with Gasteiger partial charge in [0.05, 0.1) is 0 Å². The summed E-state index contributed by atoms with van der Waals surface area (Å²) < 4.78 is 1.65. The Bertz CT molecular complexity index is 475. The Hall–Kier alpha value is -1.38. The fourth-order valence-corrected chi connectivity index (χ4v) is 1.33. The van der Waals surface area contributed by atoms with Crippen LogP contribution in [0.25, 0.3) is 10.8 Å². The normalized spacial score (nSPS) is 10.1. The average Bonchev–Trinajstić information content (AvgIpc) is 2.12. The molecule has 0 unspecified atom stereocenters. The summed E-state index contributed by atoms with van der Waals surface area (Å²) in [7, 11) is 1.78. The summed E-state index contributed by atoms with van der Waals surface area (Å²) in [5.41, 5.74) is 1.01. The minimum atomic E-state index is 0.0358. The predicted molar refractivity (Wildman–Crippen MR) is 50.5 cm³/mol. The monoisotopic (exact) mass is 157 g/mol. The molecular weight excluding hydrogens is 149 g/mol. The van der Waals surface area contributed by atoms with Gasteiger partial charge in [-0.2, -0.15) is 0 Å². The summed E-state index contributed by atoms with van der Waals surface area (Å²) in [5, 5.41) is 1.10. The van der Waals surface area contributed by atoms with Gasteiger partial charge in [-0.25, -0.2) is 0 Å². The summed E-state index contributed by atoms with van der Waals surface area (Å²) in [6.45, 7) is 1.84. The van der Waals surface area contributed by atoms with Crippen LogP contribution in [-0.2, 0) is 7.05 Å². The molecule has 0 fully saturated rings. The van der Waals surface area contributed by atoms with E-state index in [1.54, 1.807) is 17.6 Å². The van der Waals surface area contributed by atoms with Crippen molar-refractivity contribution in [3.63, 3.8) is 0 Å². The van der Waals surface area contributed by atoms with Crippen LogP contribution >= 0.6 is 0 Å². The zero-order valence-corrected chi connectivity index (χ0v) is 6.82. The van der Waals surface area contributed by atoms with E-state index in [1.165, 1.54) is 0 Å². The number of aryl methyl sites for hydroxylation is 1. The van der Waals surface area contributed by atoms with E-state index in [0.717, 1.165) is 10.8 Å². The van der Waals surface area contributed by atoms with Gasteiger partial charge in [-0.1, -0.05) is 0 Å². The molecule has 0 spiro atoms. The second-order valence-corrected chi connectivity index (χ2v) is 2.79. The van der Waals surface area contributed by atoms with Gasteiger partial charge >= 0.3 is 69.9 Å². The third-order valence-electron chi connectivity index (χ3n) is 2.03. The summed E-state index contributed by atoms with van der Waals surface area (Å²) >= 11 is 0. The predicted octanol–water partition coefficient (Wildman–Crippen LogP) is 0.877. The van der Waals surface area contributed by atoms with Crippen molar-refractivity contribution in [2.24, 2.45) is 7.05 Å². The van der Waals surface area contributed by atoms with Crippen LogP contribution in [0.5, 0.6) is 0 Å². The summed E-state index contributed by atoms with van der Waals surface area (Å²) in [5.74, 6) is 1.59. The maximum atomic E-state index is 11.2. The number of rotatable bonds is 0. The Morgan fingerprint density at radius 3 is 2.92 bits per heavy atom. The zero-order chi connectivity index (χ0) is 8.55. The van der Waals surface area contributed by atoms with E-state index in [1.807, 2.05) is 31.2 Å². The second-order valence-electron chi connectivity index (χ2n) is 2.79. The van der Waals surface area contributed by atoms with Crippen LogP contribution in [0.2, 0.25) is 0 Å². The number of hydrogen-bond donors (Lipinski definition) is 0. The molecule has 0 saturated carbocycles. The van der Waals surface area contributed by atoms with Crippen molar-refractivity contribution in [1.82, 2.24) is 4.57 Å². The van der Waals surface area contributed by atoms with Gasteiger partial charge in [0.25, 0.3) is 0 Å². The fourth-order valence-electron chi connectivity index (χ4n) is 1.33. The molecule has 1 aromatic heterocycles. The van der Waals surface area contributed by atoms with E-state index < -0.39 is 0 Å². The van der Waals surface area contributed by atoms with Crippen LogP contribution < -0.4 is 5.56 Å². The van der Waals surface area contributed by atoms with Crippen LogP contribution in [0.15, 0.2) is 35.0 Å². The van der Waals surface area contributed by atoms with Crippen molar-refractivity contribution in [2.45, 2.75) is 0 Å². The molecule has 0 radical (unpaired) electrons. The molecule has 1 heterocycles. The summed E-state index contributed by atoms with van der Waals surface area (Å²) in [6.07, 6.45) is 0. The molecule has 12 heavy (non-hydrogen) atoms. The van der Waals surface area contributed by atoms with E-state index in [9.17, 15) is 4.79 Å². The fraction of sp³-hybridized carbons (Fsp3) is 0.111. The molecule has 0 atom stereocenters. The number of hydrogen-bond acceptors (Lipinski definition) is 1. The minimum absolute atomic E-state index is 0.0358.